The Kier molecular flexibility index (Phi) is 7.68. The van der Waals surface area contributed by atoms with Gasteiger partial charge in [0.25, 0.3) is 0 Å². The van der Waals surface area contributed by atoms with Crippen LogP contribution in [-0.4, -0.2) is 47.5 Å². The first-order valence-electron chi connectivity index (χ1n) is 11.4. The van der Waals surface area contributed by atoms with E-state index in [1.165, 1.54) is 38.6 Å². The molecule has 2 heterocycles. The van der Waals surface area contributed by atoms with E-state index in [4.69, 9.17) is 0 Å². The molecule has 0 radical (unpaired) electrons. The third-order valence-corrected chi connectivity index (χ3v) is 8.89. The second kappa shape index (κ2) is 10.3. The summed E-state index contributed by atoms with van der Waals surface area (Å²) in [5, 5.41) is 9.78. The summed E-state index contributed by atoms with van der Waals surface area (Å²) < 4.78 is 14.0. The van der Waals surface area contributed by atoms with Gasteiger partial charge < -0.3 is 15.5 Å². The Morgan fingerprint density at radius 2 is 1.75 bits per heavy atom. The number of aliphatic hydroxyl groups excluding tert-OH is 1. The van der Waals surface area contributed by atoms with E-state index in [0.717, 1.165) is 62.4 Å². The van der Waals surface area contributed by atoms with Gasteiger partial charge in [0.1, 0.15) is 5.82 Å². The summed E-state index contributed by atoms with van der Waals surface area (Å²) in [6, 6.07) is 12.0. The highest BCUT2D eigenvalue weighted by Gasteiger charge is 2.28. The van der Waals surface area contributed by atoms with Crippen LogP contribution < -0.4 is 0 Å². The van der Waals surface area contributed by atoms with Crippen LogP contribution in [0.25, 0.3) is 5.57 Å². The predicted molar refractivity (Wildman–Crippen MR) is 132 cm³/mol. The van der Waals surface area contributed by atoms with Gasteiger partial charge in [0.2, 0.25) is 0 Å². The van der Waals surface area contributed by atoms with Gasteiger partial charge in [0.05, 0.1) is 6.10 Å². The van der Waals surface area contributed by atoms with Gasteiger partial charge in [-0.2, -0.15) is 0 Å². The SMILES string of the molecule is CSc1ccc2c(c1)C(=C1CCN(C[C@H]3CC[C@H](O)CC3)CC1)c1ccc(F)cc1S2.O. The maximum Gasteiger partial charge on any atom is 0.124 e. The van der Waals surface area contributed by atoms with Crippen LogP contribution in [0.4, 0.5) is 4.39 Å². The van der Waals surface area contributed by atoms with E-state index >= 15 is 0 Å². The average molecular weight is 474 g/mol. The number of nitrogens with zero attached hydrogens (tertiary/aromatic N) is 1. The molecule has 1 saturated heterocycles. The molecule has 0 amide bonds. The lowest BCUT2D eigenvalue weighted by atomic mass is 9.85. The molecule has 0 spiro atoms. The van der Waals surface area contributed by atoms with E-state index in [9.17, 15) is 9.50 Å². The molecule has 2 aliphatic heterocycles. The molecule has 0 bridgehead atoms. The van der Waals surface area contributed by atoms with Gasteiger partial charge >= 0.3 is 0 Å². The van der Waals surface area contributed by atoms with Crippen molar-refractivity contribution in [1.82, 2.24) is 4.90 Å². The number of hydrogen-bond acceptors (Lipinski definition) is 4. The number of hydrogen-bond donors (Lipinski definition) is 1. The molecular weight excluding hydrogens is 441 g/mol. The van der Waals surface area contributed by atoms with Crippen LogP contribution in [0.2, 0.25) is 0 Å². The molecule has 5 rings (SSSR count). The van der Waals surface area contributed by atoms with E-state index in [1.807, 2.05) is 6.07 Å². The molecule has 2 fully saturated rings. The fourth-order valence-electron chi connectivity index (χ4n) is 5.30. The minimum Gasteiger partial charge on any atom is -0.412 e. The quantitative estimate of drug-likeness (QED) is 0.501. The van der Waals surface area contributed by atoms with Gasteiger partial charge in [-0.05, 0) is 97.7 Å². The second-order valence-electron chi connectivity index (χ2n) is 9.06. The first-order valence-corrected chi connectivity index (χ1v) is 13.4. The standard InChI is InChI=1S/C26H30FNOS2.H2O/c1-30-21-7-9-24-23(15-21)26(22-8-4-19(27)14-25(22)31-24)18-10-12-28(13-11-18)16-17-2-5-20(29)6-3-17;/h4,7-9,14-15,17,20,29H,2-3,5-6,10-13,16H2,1H3;1H2/t17-,20-;. The zero-order chi connectivity index (χ0) is 21.4. The summed E-state index contributed by atoms with van der Waals surface area (Å²) in [4.78, 5) is 6.17. The number of rotatable bonds is 3. The topological polar surface area (TPSA) is 55.0 Å². The van der Waals surface area contributed by atoms with Crippen LogP contribution in [0.1, 0.15) is 49.7 Å². The van der Waals surface area contributed by atoms with Crippen molar-refractivity contribution in [1.29, 1.82) is 0 Å². The first-order chi connectivity index (χ1) is 15.1. The van der Waals surface area contributed by atoms with Crippen LogP contribution in [0.3, 0.4) is 0 Å². The molecule has 6 heteroatoms. The normalized spacial score (nSPS) is 23.3. The molecular formula is C26H32FNO2S2. The summed E-state index contributed by atoms with van der Waals surface area (Å²) in [5.74, 6) is 0.574. The molecule has 0 unspecified atom stereocenters. The fourth-order valence-corrected chi connectivity index (χ4v) is 6.84. The Labute approximate surface area is 198 Å². The highest BCUT2D eigenvalue weighted by atomic mass is 32.2. The molecule has 3 aliphatic rings. The summed E-state index contributed by atoms with van der Waals surface area (Å²) >= 11 is 3.47. The molecule has 0 atom stereocenters. The van der Waals surface area contributed by atoms with Crippen molar-refractivity contribution in [2.24, 2.45) is 5.92 Å². The molecule has 1 aliphatic carbocycles. The predicted octanol–water partition coefficient (Wildman–Crippen LogP) is 5.64. The summed E-state index contributed by atoms with van der Waals surface area (Å²) in [7, 11) is 0. The van der Waals surface area contributed by atoms with Crippen LogP contribution in [0, 0.1) is 11.7 Å². The van der Waals surface area contributed by atoms with Gasteiger partial charge in [-0.1, -0.05) is 23.4 Å². The highest BCUT2D eigenvalue weighted by Crippen LogP contribution is 2.48. The van der Waals surface area contributed by atoms with E-state index in [2.05, 4.69) is 29.4 Å². The Morgan fingerprint density at radius 3 is 2.47 bits per heavy atom. The third-order valence-electron chi connectivity index (χ3n) is 7.03. The highest BCUT2D eigenvalue weighted by molar-refractivity contribution is 7.99. The number of likely N-dealkylation sites (tertiary alicyclic amines) is 1. The van der Waals surface area contributed by atoms with Gasteiger partial charge in [-0.25, -0.2) is 4.39 Å². The number of aliphatic hydroxyl groups is 1. The van der Waals surface area contributed by atoms with Crippen molar-refractivity contribution in [3.8, 4) is 0 Å². The molecule has 172 valence electrons. The van der Waals surface area contributed by atoms with Gasteiger partial charge in [-0.3, -0.25) is 0 Å². The van der Waals surface area contributed by atoms with E-state index in [0.29, 0.717) is 0 Å². The lowest BCUT2D eigenvalue weighted by Crippen LogP contribution is -2.36. The Hall–Kier alpha value is -1.31. The molecule has 32 heavy (non-hydrogen) atoms. The Bertz CT molecular complexity index is 991. The van der Waals surface area contributed by atoms with Crippen LogP contribution in [-0.2, 0) is 0 Å². The number of thioether (sulfide) groups is 1. The molecule has 0 aromatic heterocycles. The average Bonchev–Trinajstić information content (AvgIpc) is 2.79. The molecule has 3 N–H and O–H groups in total. The third kappa shape index (κ3) is 4.95. The number of halogens is 1. The van der Waals surface area contributed by atoms with E-state index < -0.39 is 0 Å². The van der Waals surface area contributed by atoms with Crippen molar-refractivity contribution in [2.45, 2.75) is 59.3 Å². The first kappa shape index (κ1) is 23.8. The van der Waals surface area contributed by atoms with Crippen molar-refractivity contribution in [2.75, 3.05) is 25.9 Å². The molecule has 1 saturated carbocycles. The van der Waals surface area contributed by atoms with Gasteiger partial charge in [0, 0.05) is 34.3 Å². The smallest absolute Gasteiger partial charge is 0.124 e. The molecule has 2 aromatic carbocycles. The Morgan fingerprint density at radius 1 is 1.00 bits per heavy atom. The number of fused-ring (bicyclic) bond motifs is 2. The summed E-state index contributed by atoms with van der Waals surface area (Å²) in [6.07, 6.45) is 8.45. The van der Waals surface area contributed by atoms with E-state index in [1.54, 1.807) is 35.7 Å². The van der Waals surface area contributed by atoms with Crippen LogP contribution in [0.5, 0.6) is 0 Å². The maximum absolute atomic E-state index is 14.0. The largest absolute Gasteiger partial charge is 0.412 e. The van der Waals surface area contributed by atoms with Gasteiger partial charge in [-0.15, -0.1) is 11.8 Å². The van der Waals surface area contributed by atoms with Crippen molar-refractivity contribution >= 4 is 29.1 Å². The summed E-state index contributed by atoms with van der Waals surface area (Å²) in [6.45, 7) is 3.36. The minimum atomic E-state index is -0.160. The van der Waals surface area contributed by atoms with Crippen molar-refractivity contribution in [3.05, 3.63) is 58.9 Å². The number of benzene rings is 2. The van der Waals surface area contributed by atoms with Crippen LogP contribution in [0.15, 0.2) is 56.7 Å². The monoisotopic (exact) mass is 473 g/mol. The zero-order valence-corrected chi connectivity index (χ0v) is 20.2. The lowest BCUT2D eigenvalue weighted by Gasteiger charge is -2.35. The minimum absolute atomic E-state index is 0. The van der Waals surface area contributed by atoms with Crippen LogP contribution >= 0.6 is 23.5 Å². The maximum atomic E-state index is 14.0. The number of piperidine rings is 1. The second-order valence-corrected chi connectivity index (χ2v) is 11.0. The summed E-state index contributed by atoms with van der Waals surface area (Å²) in [5.41, 5.74) is 5.38. The van der Waals surface area contributed by atoms with Crippen molar-refractivity contribution < 1.29 is 15.0 Å². The molecule has 2 aromatic rings. The molecule has 3 nitrogen and oxygen atoms in total. The van der Waals surface area contributed by atoms with Crippen molar-refractivity contribution in [3.63, 3.8) is 0 Å². The van der Waals surface area contributed by atoms with Gasteiger partial charge in [0.15, 0.2) is 0 Å². The lowest BCUT2D eigenvalue weighted by molar-refractivity contribution is 0.0923. The Balaban J connectivity index is 0.00000245. The fraction of sp³-hybridized carbons (Fsp3) is 0.462. The van der Waals surface area contributed by atoms with E-state index in [-0.39, 0.29) is 17.4 Å². The zero-order valence-electron chi connectivity index (χ0n) is 18.6.